The van der Waals surface area contributed by atoms with E-state index in [2.05, 4.69) is 15.3 Å². The Morgan fingerprint density at radius 1 is 1.37 bits per heavy atom. The summed E-state index contributed by atoms with van der Waals surface area (Å²) >= 11 is 11.2. The van der Waals surface area contributed by atoms with Gasteiger partial charge in [-0.25, -0.2) is 5.10 Å². The third kappa shape index (κ3) is 4.57. The van der Waals surface area contributed by atoms with E-state index < -0.39 is 4.92 Å². The summed E-state index contributed by atoms with van der Waals surface area (Å²) in [4.78, 5) is 10.4. The number of nitro groups is 1. The Bertz CT molecular complexity index is 1060. The van der Waals surface area contributed by atoms with Gasteiger partial charge in [-0.3, -0.25) is 10.1 Å². The van der Waals surface area contributed by atoms with Crippen molar-refractivity contribution in [3.8, 4) is 5.75 Å². The summed E-state index contributed by atoms with van der Waals surface area (Å²) < 4.78 is 7.32. The predicted octanol–water partition coefficient (Wildman–Crippen LogP) is 4.27. The summed E-state index contributed by atoms with van der Waals surface area (Å²) in [5.74, 6) is 1.13. The van der Waals surface area contributed by atoms with Crippen molar-refractivity contribution in [3.05, 3.63) is 79.3 Å². The fourth-order valence-corrected chi connectivity index (χ4v) is 2.55. The van der Waals surface area contributed by atoms with E-state index in [1.807, 2.05) is 31.2 Å². The van der Waals surface area contributed by atoms with Gasteiger partial charge in [0.15, 0.2) is 5.82 Å². The first-order chi connectivity index (χ1) is 12.9. The quantitative estimate of drug-likeness (QED) is 0.287. The maximum absolute atomic E-state index is 10.9. The van der Waals surface area contributed by atoms with Crippen molar-refractivity contribution >= 4 is 35.7 Å². The van der Waals surface area contributed by atoms with E-state index in [1.54, 1.807) is 0 Å². The minimum absolute atomic E-state index is 0.0837. The van der Waals surface area contributed by atoms with Crippen molar-refractivity contribution in [2.75, 3.05) is 0 Å². The summed E-state index contributed by atoms with van der Waals surface area (Å²) in [6.07, 6.45) is 1.38. The molecule has 0 fully saturated rings. The number of halogens is 1. The van der Waals surface area contributed by atoms with Gasteiger partial charge in [0.2, 0.25) is 4.77 Å². The number of benzene rings is 2. The number of aromatic amines is 1. The van der Waals surface area contributed by atoms with E-state index in [0.29, 0.717) is 22.2 Å². The number of nitrogens with zero attached hydrogens (tertiary/aromatic N) is 4. The number of rotatable bonds is 6. The number of aryl methyl sites for hydroxylation is 1. The van der Waals surface area contributed by atoms with Gasteiger partial charge in [-0.15, -0.1) is 0 Å². The highest BCUT2D eigenvalue weighted by Gasteiger charge is 2.10. The number of ether oxygens (including phenoxy) is 1. The van der Waals surface area contributed by atoms with Crippen molar-refractivity contribution in [2.24, 2.45) is 5.10 Å². The van der Waals surface area contributed by atoms with Crippen LogP contribution in [0.2, 0.25) is 5.02 Å². The third-order valence-electron chi connectivity index (χ3n) is 3.61. The summed E-state index contributed by atoms with van der Waals surface area (Å²) in [6, 6.07) is 11.7. The number of aromatic nitrogens is 3. The maximum atomic E-state index is 10.9. The molecule has 10 heteroatoms. The van der Waals surface area contributed by atoms with E-state index in [9.17, 15) is 10.1 Å². The monoisotopic (exact) mass is 403 g/mol. The molecular formula is C17H14ClN5O3S. The normalized spacial score (nSPS) is 11.0. The molecular weight excluding hydrogens is 390 g/mol. The van der Waals surface area contributed by atoms with E-state index >= 15 is 0 Å². The molecule has 0 amide bonds. The Kier molecular flexibility index (Phi) is 5.63. The van der Waals surface area contributed by atoms with Crippen LogP contribution in [0.3, 0.4) is 0 Å². The second kappa shape index (κ2) is 8.11. The van der Waals surface area contributed by atoms with Gasteiger partial charge in [0.05, 0.1) is 11.1 Å². The minimum atomic E-state index is -0.502. The molecule has 0 spiro atoms. The SMILES string of the molecule is Cc1ccc(OCc2n[nH]c(=S)n2/N=C/c2cc([N+](=O)[O-])ccc2Cl)cc1. The summed E-state index contributed by atoms with van der Waals surface area (Å²) in [7, 11) is 0. The average molecular weight is 404 g/mol. The van der Waals surface area contributed by atoms with E-state index in [4.69, 9.17) is 28.6 Å². The fraction of sp³-hybridized carbons (Fsp3) is 0.118. The molecule has 0 bridgehead atoms. The molecule has 2 aromatic carbocycles. The highest BCUT2D eigenvalue weighted by atomic mass is 35.5. The molecule has 0 aliphatic rings. The number of hydrogen-bond acceptors (Lipinski definition) is 6. The highest BCUT2D eigenvalue weighted by molar-refractivity contribution is 7.71. The van der Waals surface area contributed by atoms with Crippen LogP contribution in [-0.4, -0.2) is 26.0 Å². The standard InChI is InChI=1S/C17H14ClN5O3S/c1-11-2-5-14(6-3-11)26-10-16-20-21-17(27)22(16)19-9-12-8-13(23(24)25)4-7-15(12)18/h2-9H,10H2,1H3,(H,21,27)/b19-9+. The Labute approximate surface area is 164 Å². The molecule has 1 heterocycles. The Balaban J connectivity index is 1.81. The van der Waals surface area contributed by atoms with E-state index in [1.165, 1.54) is 29.1 Å². The minimum Gasteiger partial charge on any atom is -0.486 e. The van der Waals surface area contributed by atoms with Crippen molar-refractivity contribution in [3.63, 3.8) is 0 Å². The number of hydrogen-bond donors (Lipinski definition) is 1. The van der Waals surface area contributed by atoms with Crippen LogP contribution in [0.15, 0.2) is 47.6 Å². The zero-order valence-electron chi connectivity index (χ0n) is 14.1. The molecule has 0 atom stereocenters. The maximum Gasteiger partial charge on any atom is 0.270 e. The molecule has 0 aliphatic heterocycles. The van der Waals surface area contributed by atoms with Crippen molar-refractivity contribution < 1.29 is 9.66 Å². The van der Waals surface area contributed by atoms with Crippen molar-refractivity contribution in [1.82, 2.24) is 14.9 Å². The number of H-pyrrole nitrogens is 1. The van der Waals surface area contributed by atoms with Gasteiger partial charge >= 0.3 is 0 Å². The lowest BCUT2D eigenvalue weighted by Crippen LogP contribution is -2.04. The summed E-state index contributed by atoms with van der Waals surface area (Å²) in [5.41, 5.74) is 1.43. The van der Waals surface area contributed by atoms with Gasteiger partial charge in [0, 0.05) is 22.7 Å². The van der Waals surface area contributed by atoms with Crippen LogP contribution in [0, 0.1) is 21.8 Å². The van der Waals surface area contributed by atoms with Crippen molar-refractivity contribution in [2.45, 2.75) is 13.5 Å². The van der Waals surface area contributed by atoms with Gasteiger partial charge in [0.1, 0.15) is 12.4 Å². The molecule has 0 saturated heterocycles. The second-order valence-corrected chi connectivity index (χ2v) is 6.36. The van der Waals surface area contributed by atoms with Crippen LogP contribution < -0.4 is 4.74 Å². The number of nitrogens with one attached hydrogen (secondary N) is 1. The lowest BCUT2D eigenvalue weighted by molar-refractivity contribution is -0.384. The van der Waals surface area contributed by atoms with Crippen LogP contribution in [0.25, 0.3) is 0 Å². The molecule has 3 rings (SSSR count). The first-order valence-electron chi connectivity index (χ1n) is 7.78. The Morgan fingerprint density at radius 2 is 2.11 bits per heavy atom. The van der Waals surface area contributed by atoms with Gasteiger partial charge in [-0.05, 0) is 37.3 Å². The molecule has 27 heavy (non-hydrogen) atoms. The van der Waals surface area contributed by atoms with Crippen LogP contribution in [-0.2, 0) is 6.61 Å². The van der Waals surface area contributed by atoms with Gasteiger partial charge < -0.3 is 4.74 Å². The predicted molar refractivity (Wildman–Crippen MR) is 104 cm³/mol. The molecule has 0 unspecified atom stereocenters. The highest BCUT2D eigenvalue weighted by Crippen LogP contribution is 2.20. The first-order valence-corrected chi connectivity index (χ1v) is 8.57. The summed E-state index contributed by atoms with van der Waals surface area (Å²) in [6.45, 7) is 2.12. The molecule has 1 aromatic heterocycles. The van der Waals surface area contributed by atoms with Gasteiger partial charge in [-0.2, -0.15) is 14.9 Å². The molecule has 0 radical (unpaired) electrons. The van der Waals surface area contributed by atoms with Gasteiger partial charge in [-0.1, -0.05) is 29.3 Å². The Hall–Kier alpha value is -3.04. The lowest BCUT2D eigenvalue weighted by Gasteiger charge is -2.05. The van der Waals surface area contributed by atoms with Gasteiger partial charge in [0.25, 0.3) is 5.69 Å². The third-order valence-corrected chi connectivity index (χ3v) is 4.22. The molecule has 138 valence electrons. The first kappa shape index (κ1) is 18.7. The van der Waals surface area contributed by atoms with Crippen LogP contribution in [0.1, 0.15) is 17.0 Å². The smallest absolute Gasteiger partial charge is 0.270 e. The molecule has 3 aromatic rings. The fourth-order valence-electron chi connectivity index (χ4n) is 2.18. The van der Waals surface area contributed by atoms with Crippen molar-refractivity contribution in [1.29, 1.82) is 0 Å². The second-order valence-electron chi connectivity index (χ2n) is 5.57. The number of nitro benzene ring substituents is 1. The Morgan fingerprint density at radius 3 is 2.81 bits per heavy atom. The largest absolute Gasteiger partial charge is 0.486 e. The summed E-state index contributed by atoms with van der Waals surface area (Å²) in [5, 5.41) is 22.2. The van der Waals surface area contributed by atoms with E-state index in [-0.39, 0.29) is 17.1 Å². The number of non-ortho nitro benzene ring substituents is 1. The average Bonchev–Trinajstić information content (AvgIpc) is 3.00. The van der Waals surface area contributed by atoms with Crippen LogP contribution in [0.5, 0.6) is 5.75 Å². The topological polar surface area (TPSA) is 98.3 Å². The lowest BCUT2D eigenvalue weighted by atomic mass is 10.2. The van der Waals surface area contributed by atoms with Crippen LogP contribution in [0.4, 0.5) is 5.69 Å². The molecule has 0 aliphatic carbocycles. The zero-order chi connectivity index (χ0) is 19.4. The van der Waals surface area contributed by atoms with E-state index in [0.717, 1.165) is 5.56 Å². The zero-order valence-corrected chi connectivity index (χ0v) is 15.7. The van der Waals surface area contributed by atoms with Crippen LogP contribution >= 0.6 is 23.8 Å². The molecule has 0 saturated carbocycles. The molecule has 8 nitrogen and oxygen atoms in total. The molecule has 1 N–H and O–H groups in total.